The first kappa shape index (κ1) is 18.7. The summed E-state index contributed by atoms with van der Waals surface area (Å²) in [4.78, 5) is 14.7. The van der Waals surface area contributed by atoms with E-state index in [0.717, 1.165) is 23.4 Å². The molecule has 1 saturated heterocycles. The number of fused-ring (bicyclic) bond motifs is 1. The molecule has 1 amide bonds. The number of aromatic amines is 1. The molecular formula is C23H27N3O2. The van der Waals surface area contributed by atoms with Gasteiger partial charge >= 0.3 is 0 Å². The van der Waals surface area contributed by atoms with Crippen LogP contribution in [0, 0.1) is 13.8 Å². The van der Waals surface area contributed by atoms with E-state index in [1.807, 2.05) is 18.7 Å². The fourth-order valence-corrected chi connectivity index (χ4v) is 3.95. The SMILES string of the molecule is Cc1[nH]nc(CCC(=O)N2CCOC(Cc3cccc4ccccc34)C2)c1C. The summed E-state index contributed by atoms with van der Waals surface area (Å²) in [5, 5.41) is 9.82. The lowest BCUT2D eigenvalue weighted by Gasteiger charge is -2.33. The Balaban J connectivity index is 1.38. The number of ether oxygens (including phenoxy) is 1. The van der Waals surface area contributed by atoms with Crippen LogP contribution in [-0.2, 0) is 22.4 Å². The van der Waals surface area contributed by atoms with Gasteiger partial charge in [-0.05, 0) is 35.7 Å². The lowest BCUT2D eigenvalue weighted by Crippen LogP contribution is -2.46. The monoisotopic (exact) mass is 377 g/mol. The molecule has 4 rings (SSSR count). The minimum absolute atomic E-state index is 0.0397. The zero-order valence-electron chi connectivity index (χ0n) is 16.6. The third-order valence-corrected chi connectivity index (χ3v) is 5.75. The zero-order chi connectivity index (χ0) is 19.5. The molecule has 0 saturated carbocycles. The van der Waals surface area contributed by atoms with Crippen LogP contribution in [0.3, 0.4) is 0 Å². The van der Waals surface area contributed by atoms with Crippen LogP contribution in [0.1, 0.15) is 28.9 Å². The van der Waals surface area contributed by atoms with Crippen molar-refractivity contribution in [1.82, 2.24) is 15.1 Å². The maximum atomic E-state index is 12.7. The van der Waals surface area contributed by atoms with Gasteiger partial charge in [0.05, 0.1) is 18.4 Å². The van der Waals surface area contributed by atoms with Crippen molar-refractivity contribution in [2.45, 2.75) is 39.2 Å². The molecule has 1 unspecified atom stereocenters. The maximum Gasteiger partial charge on any atom is 0.223 e. The highest BCUT2D eigenvalue weighted by Gasteiger charge is 2.25. The molecule has 2 aromatic carbocycles. The van der Waals surface area contributed by atoms with Crippen LogP contribution in [0.5, 0.6) is 0 Å². The lowest BCUT2D eigenvalue weighted by molar-refractivity contribution is -0.138. The highest BCUT2D eigenvalue weighted by molar-refractivity contribution is 5.85. The predicted molar refractivity (Wildman–Crippen MR) is 110 cm³/mol. The number of carbonyl (C=O) groups is 1. The molecule has 5 nitrogen and oxygen atoms in total. The molecule has 3 aromatic rings. The Kier molecular flexibility index (Phi) is 5.44. The number of aromatic nitrogens is 2. The van der Waals surface area contributed by atoms with E-state index >= 15 is 0 Å². The molecule has 146 valence electrons. The largest absolute Gasteiger partial charge is 0.374 e. The van der Waals surface area contributed by atoms with Crippen LogP contribution in [0.15, 0.2) is 42.5 Å². The Morgan fingerprint density at radius 2 is 2.04 bits per heavy atom. The Morgan fingerprint density at radius 3 is 2.86 bits per heavy atom. The zero-order valence-corrected chi connectivity index (χ0v) is 16.6. The topological polar surface area (TPSA) is 58.2 Å². The average molecular weight is 377 g/mol. The summed E-state index contributed by atoms with van der Waals surface area (Å²) < 4.78 is 5.99. The van der Waals surface area contributed by atoms with Crippen molar-refractivity contribution in [1.29, 1.82) is 0 Å². The quantitative estimate of drug-likeness (QED) is 0.739. The second kappa shape index (κ2) is 8.15. The third-order valence-electron chi connectivity index (χ3n) is 5.75. The molecule has 1 atom stereocenters. The summed E-state index contributed by atoms with van der Waals surface area (Å²) in [6.07, 6.45) is 2.04. The van der Waals surface area contributed by atoms with Gasteiger partial charge in [0.1, 0.15) is 0 Å². The summed E-state index contributed by atoms with van der Waals surface area (Å²) in [5.74, 6) is 0.186. The second-order valence-corrected chi connectivity index (χ2v) is 7.60. The number of benzene rings is 2. The van der Waals surface area contributed by atoms with Crippen LogP contribution in [-0.4, -0.2) is 46.8 Å². The van der Waals surface area contributed by atoms with Crippen molar-refractivity contribution in [2.75, 3.05) is 19.7 Å². The molecule has 0 spiro atoms. The van der Waals surface area contributed by atoms with Gasteiger partial charge in [0.15, 0.2) is 0 Å². The highest BCUT2D eigenvalue weighted by Crippen LogP contribution is 2.22. The standard InChI is InChI=1S/C23H27N3O2/c1-16-17(2)24-25-22(16)10-11-23(27)26-12-13-28-20(15-26)14-19-8-5-7-18-6-3-4-9-21(18)19/h3-9,20H,10-15H2,1-2H3,(H,24,25). The fourth-order valence-electron chi connectivity index (χ4n) is 3.95. The summed E-state index contributed by atoms with van der Waals surface area (Å²) in [6.45, 7) is 5.98. The molecule has 1 N–H and O–H groups in total. The van der Waals surface area contributed by atoms with Crippen molar-refractivity contribution in [3.63, 3.8) is 0 Å². The van der Waals surface area contributed by atoms with E-state index < -0.39 is 0 Å². The molecule has 1 aliphatic rings. The second-order valence-electron chi connectivity index (χ2n) is 7.60. The fraction of sp³-hybridized carbons (Fsp3) is 0.391. The number of H-pyrrole nitrogens is 1. The summed E-state index contributed by atoms with van der Waals surface area (Å²) in [6, 6.07) is 14.8. The Morgan fingerprint density at radius 1 is 1.21 bits per heavy atom. The molecule has 5 heteroatoms. The minimum atomic E-state index is 0.0397. The number of carbonyl (C=O) groups excluding carboxylic acids is 1. The summed E-state index contributed by atoms with van der Waals surface area (Å²) in [7, 11) is 0. The Hall–Kier alpha value is -2.66. The van der Waals surface area contributed by atoms with E-state index in [0.29, 0.717) is 32.5 Å². The number of aryl methyl sites for hydroxylation is 2. The van der Waals surface area contributed by atoms with Gasteiger partial charge in [0.2, 0.25) is 5.91 Å². The Labute approximate surface area is 165 Å². The first-order valence-electron chi connectivity index (χ1n) is 9.98. The van der Waals surface area contributed by atoms with E-state index in [1.54, 1.807) is 0 Å². The number of nitrogens with one attached hydrogen (secondary N) is 1. The first-order valence-corrected chi connectivity index (χ1v) is 9.98. The summed E-state index contributed by atoms with van der Waals surface area (Å²) in [5.41, 5.74) is 4.50. The lowest BCUT2D eigenvalue weighted by atomic mass is 9.99. The molecule has 0 bridgehead atoms. The van der Waals surface area contributed by atoms with Gasteiger partial charge in [0, 0.05) is 38.0 Å². The molecular weight excluding hydrogens is 350 g/mol. The van der Waals surface area contributed by atoms with Crippen molar-refractivity contribution in [3.05, 3.63) is 65.0 Å². The first-order chi connectivity index (χ1) is 13.6. The predicted octanol–water partition coefficient (Wildman–Crippen LogP) is 3.58. The molecule has 1 aromatic heterocycles. The van der Waals surface area contributed by atoms with Crippen molar-refractivity contribution in [3.8, 4) is 0 Å². The summed E-state index contributed by atoms with van der Waals surface area (Å²) >= 11 is 0. The number of rotatable bonds is 5. The smallest absolute Gasteiger partial charge is 0.223 e. The highest BCUT2D eigenvalue weighted by atomic mass is 16.5. The van der Waals surface area contributed by atoms with E-state index in [4.69, 9.17) is 4.74 Å². The van der Waals surface area contributed by atoms with Crippen molar-refractivity contribution in [2.24, 2.45) is 0 Å². The van der Waals surface area contributed by atoms with Crippen LogP contribution in [0.2, 0.25) is 0 Å². The molecule has 1 fully saturated rings. The van der Waals surface area contributed by atoms with E-state index in [1.165, 1.54) is 16.3 Å². The van der Waals surface area contributed by atoms with Gasteiger partial charge in [-0.1, -0.05) is 42.5 Å². The molecule has 0 radical (unpaired) electrons. The van der Waals surface area contributed by atoms with Gasteiger partial charge in [-0.25, -0.2) is 0 Å². The number of nitrogens with zero attached hydrogens (tertiary/aromatic N) is 2. The Bertz CT molecular complexity index is 974. The van der Waals surface area contributed by atoms with Crippen LogP contribution < -0.4 is 0 Å². The third kappa shape index (κ3) is 3.94. The molecule has 1 aliphatic heterocycles. The van der Waals surface area contributed by atoms with Gasteiger partial charge in [0.25, 0.3) is 0 Å². The van der Waals surface area contributed by atoms with E-state index in [-0.39, 0.29) is 12.0 Å². The van der Waals surface area contributed by atoms with E-state index in [9.17, 15) is 4.79 Å². The van der Waals surface area contributed by atoms with Crippen LogP contribution in [0.4, 0.5) is 0 Å². The van der Waals surface area contributed by atoms with Crippen molar-refractivity contribution >= 4 is 16.7 Å². The molecule has 28 heavy (non-hydrogen) atoms. The number of morpholine rings is 1. The normalized spacial score (nSPS) is 17.2. The van der Waals surface area contributed by atoms with Gasteiger partial charge < -0.3 is 9.64 Å². The molecule has 2 heterocycles. The average Bonchev–Trinajstić information content (AvgIpc) is 3.04. The van der Waals surface area contributed by atoms with Crippen LogP contribution in [0.25, 0.3) is 10.8 Å². The van der Waals surface area contributed by atoms with Crippen LogP contribution >= 0.6 is 0 Å². The van der Waals surface area contributed by atoms with Crippen molar-refractivity contribution < 1.29 is 9.53 Å². The number of amides is 1. The van der Waals surface area contributed by atoms with Gasteiger partial charge in [-0.15, -0.1) is 0 Å². The minimum Gasteiger partial charge on any atom is -0.374 e. The number of hydrogen-bond donors (Lipinski definition) is 1. The van der Waals surface area contributed by atoms with Gasteiger partial charge in [-0.2, -0.15) is 5.10 Å². The molecule has 0 aliphatic carbocycles. The van der Waals surface area contributed by atoms with E-state index in [2.05, 4.69) is 52.7 Å². The number of hydrogen-bond acceptors (Lipinski definition) is 3. The van der Waals surface area contributed by atoms with Gasteiger partial charge in [-0.3, -0.25) is 9.89 Å². The maximum absolute atomic E-state index is 12.7.